The van der Waals surface area contributed by atoms with E-state index in [1.54, 1.807) is 36.4 Å². The molecular weight excluding hydrogens is 552 g/mol. The summed E-state index contributed by atoms with van der Waals surface area (Å²) in [5, 5.41) is 4.62. The predicted octanol–water partition coefficient (Wildman–Crippen LogP) is 4.55. The molecule has 13 heteroatoms. The third-order valence-corrected chi connectivity index (χ3v) is 9.35. The third-order valence-electron chi connectivity index (χ3n) is 7.01. The number of hydrogen-bond acceptors (Lipinski definition) is 11. The van der Waals surface area contributed by atoms with Crippen LogP contribution in [0.3, 0.4) is 0 Å². The van der Waals surface area contributed by atoms with E-state index in [4.69, 9.17) is 19.0 Å². The van der Waals surface area contributed by atoms with Gasteiger partial charge in [0, 0.05) is 26.1 Å². The van der Waals surface area contributed by atoms with Gasteiger partial charge in [-0.25, -0.2) is 18.4 Å². The van der Waals surface area contributed by atoms with E-state index in [9.17, 15) is 8.42 Å². The first-order chi connectivity index (χ1) is 19.2. The average molecular weight is 587 g/mol. The Hall–Kier alpha value is -3.13. The number of hydrogen-bond donors (Lipinski definition) is 1. The maximum absolute atomic E-state index is 12.9. The number of rotatable bonds is 11. The fourth-order valence-electron chi connectivity index (χ4n) is 4.66. The Morgan fingerprint density at radius 3 is 2.50 bits per heavy atom. The number of aromatic nitrogens is 4. The second-order valence-corrected chi connectivity index (χ2v) is 12.9. The SMILES string of the molecule is COCC(NS(=O)(=O)c1ccccc1)c1ccc2nc(OC(C)C3CCN(c4nc(C(C)C)no4)CC3)sc2n1. The van der Waals surface area contributed by atoms with Crippen molar-refractivity contribution in [3.8, 4) is 5.19 Å². The van der Waals surface area contributed by atoms with E-state index in [0.717, 1.165) is 31.8 Å². The number of sulfonamides is 1. The number of nitrogens with one attached hydrogen (secondary N) is 1. The molecule has 40 heavy (non-hydrogen) atoms. The van der Waals surface area contributed by atoms with E-state index >= 15 is 0 Å². The molecule has 4 aromatic rings. The predicted molar refractivity (Wildman–Crippen MR) is 152 cm³/mol. The first kappa shape index (κ1) is 28.4. The summed E-state index contributed by atoms with van der Waals surface area (Å²) in [6, 6.07) is 11.8. The van der Waals surface area contributed by atoms with Gasteiger partial charge < -0.3 is 18.9 Å². The van der Waals surface area contributed by atoms with Gasteiger partial charge in [-0.3, -0.25) is 0 Å². The molecule has 2 atom stereocenters. The van der Waals surface area contributed by atoms with Crippen LogP contribution < -0.4 is 14.4 Å². The van der Waals surface area contributed by atoms with Crippen molar-refractivity contribution in [3.05, 3.63) is 54.0 Å². The molecule has 1 N–H and O–H groups in total. The highest BCUT2D eigenvalue weighted by Gasteiger charge is 2.29. The molecule has 2 unspecified atom stereocenters. The summed E-state index contributed by atoms with van der Waals surface area (Å²) in [4.78, 5) is 16.8. The van der Waals surface area contributed by atoms with Gasteiger partial charge in [-0.05, 0) is 49.9 Å². The molecule has 1 aliphatic rings. The zero-order chi connectivity index (χ0) is 28.3. The smallest absolute Gasteiger partial charge is 0.324 e. The summed E-state index contributed by atoms with van der Waals surface area (Å²) in [5.74, 6) is 1.31. The van der Waals surface area contributed by atoms with Crippen LogP contribution in [0.5, 0.6) is 5.19 Å². The Morgan fingerprint density at radius 1 is 1.07 bits per heavy atom. The maximum Gasteiger partial charge on any atom is 0.324 e. The van der Waals surface area contributed by atoms with Crippen LogP contribution in [0.1, 0.15) is 57.1 Å². The molecule has 0 radical (unpaired) electrons. The second-order valence-electron chi connectivity index (χ2n) is 10.2. The minimum atomic E-state index is -3.75. The maximum atomic E-state index is 12.9. The Bertz CT molecular complexity index is 1520. The highest BCUT2D eigenvalue weighted by atomic mass is 32.2. The lowest BCUT2D eigenvalue weighted by Crippen LogP contribution is -2.38. The lowest BCUT2D eigenvalue weighted by Gasteiger charge is -2.33. The first-order valence-corrected chi connectivity index (χ1v) is 15.6. The van der Waals surface area contributed by atoms with Crippen molar-refractivity contribution in [2.45, 2.75) is 56.6 Å². The van der Waals surface area contributed by atoms with Crippen LogP contribution in [0.25, 0.3) is 10.3 Å². The summed E-state index contributed by atoms with van der Waals surface area (Å²) in [6.07, 6.45) is 1.84. The Balaban J connectivity index is 1.23. The molecule has 11 nitrogen and oxygen atoms in total. The molecule has 214 valence electrons. The molecule has 3 aromatic heterocycles. The Kier molecular flexibility index (Phi) is 8.64. The first-order valence-electron chi connectivity index (χ1n) is 13.3. The van der Waals surface area contributed by atoms with Crippen molar-refractivity contribution in [3.63, 3.8) is 0 Å². The van der Waals surface area contributed by atoms with E-state index in [2.05, 4.69) is 31.7 Å². The highest BCUT2D eigenvalue weighted by molar-refractivity contribution is 7.89. The van der Waals surface area contributed by atoms with Gasteiger partial charge in [-0.15, -0.1) is 0 Å². The zero-order valence-corrected chi connectivity index (χ0v) is 24.6. The summed E-state index contributed by atoms with van der Waals surface area (Å²) < 4.78 is 45.6. The molecule has 0 saturated carbocycles. The van der Waals surface area contributed by atoms with Crippen LogP contribution in [0.15, 0.2) is 51.9 Å². The summed E-state index contributed by atoms with van der Waals surface area (Å²) in [6.45, 7) is 7.94. The lowest BCUT2D eigenvalue weighted by atomic mass is 9.92. The number of anilines is 1. The van der Waals surface area contributed by atoms with Crippen LogP contribution in [0.4, 0.5) is 6.01 Å². The topological polar surface area (TPSA) is 133 Å². The molecule has 1 saturated heterocycles. The van der Waals surface area contributed by atoms with Crippen LogP contribution in [-0.2, 0) is 14.8 Å². The van der Waals surface area contributed by atoms with E-state index in [1.165, 1.54) is 18.4 Å². The van der Waals surface area contributed by atoms with Crippen molar-refractivity contribution in [2.75, 3.05) is 31.7 Å². The van der Waals surface area contributed by atoms with Gasteiger partial charge in [0.25, 0.3) is 5.19 Å². The molecule has 1 aromatic carbocycles. The van der Waals surface area contributed by atoms with Crippen molar-refractivity contribution in [1.29, 1.82) is 0 Å². The Labute approximate surface area is 238 Å². The summed E-state index contributed by atoms with van der Waals surface area (Å²) in [5.41, 5.74) is 1.25. The quantitative estimate of drug-likeness (QED) is 0.267. The monoisotopic (exact) mass is 586 g/mol. The van der Waals surface area contributed by atoms with E-state index < -0.39 is 16.1 Å². The lowest BCUT2D eigenvalue weighted by molar-refractivity contribution is 0.131. The molecule has 4 heterocycles. The number of piperidine rings is 1. The van der Waals surface area contributed by atoms with Crippen molar-refractivity contribution in [1.82, 2.24) is 24.8 Å². The number of ether oxygens (including phenoxy) is 2. The van der Waals surface area contributed by atoms with Crippen molar-refractivity contribution in [2.24, 2.45) is 5.92 Å². The zero-order valence-electron chi connectivity index (χ0n) is 23.0. The van der Waals surface area contributed by atoms with Gasteiger partial charge in [-0.1, -0.05) is 48.5 Å². The van der Waals surface area contributed by atoms with Gasteiger partial charge in [0.15, 0.2) is 5.82 Å². The second kappa shape index (κ2) is 12.2. The average Bonchev–Trinajstić information content (AvgIpc) is 3.60. The standard InChI is InChI=1S/C27H34N6O5S2/c1-17(2)24-30-26(38-31-24)33-14-12-19(13-15-33)18(3)37-27-29-22-11-10-21(28-25(22)39-27)23(16-36-4)32-40(34,35)20-8-6-5-7-9-20/h5-11,17-19,23,32H,12-16H2,1-4H3. The molecule has 0 aliphatic carbocycles. The molecule has 1 aliphatic heterocycles. The molecule has 1 fully saturated rings. The van der Waals surface area contributed by atoms with E-state index in [1.807, 2.05) is 19.9 Å². The number of fused-ring (bicyclic) bond motifs is 1. The van der Waals surface area contributed by atoms with Crippen LogP contribution in [0.2, 0.25) is 0 Å². The van der Waals surface area contributed by atoms with Crippen molar-refractivity contribution < 1.29 is 22.4 Å². The molecule has 0 bridgehead atoms. The van der Waals surface area contributed by atoms with E-state index in [0.29, 0.717) is 33.2 Å². The van der Waals surface area contributed by atoms with Gasteiger partial charge in [-0.2, -0.15) is 9.71 Å². The fraction of sp³-hybridized carbons (Fsp3) is 0.481. The molecule has 0 spiro atoms. The highest BCUT2D eigenvalue weighted by Crippen LogP contribution is 2.32. The van der Waals surface area contributed by atoms with Gasteiger partial charge >= 0.3 is 6.01 Å². The van der Waals surface area contributed by atoms with Crippen LogP contribution in [-0.4, -0.2) is 61.4 Å². The molecule has 5 rings (SSSR count). The third kappa shape index (κ3) is 6.43. The fourth-order valence-corrected chi connectivity index (χ4v) is 6.76. The van der Waals surface area contributed by atoms with Gasteiger partial charge in [0.05, 0.1) is 23.2 Å². The van der Waals surface area contributed by atoms with Gasteiger partial charge in [0.1, 0.15) is 16.5 Å². The normalized spacial score (nSPS) is 16.5. The summed E-state index contributed by atoms with van der Waals surface area (Å²) in [7, 11) is -2.23. The Morgan fingerprint density at radius 2 is 1.82 bits per heavy atom. The number of benzene rings is 1. The summed E-state index contributed by atoms with van der Waals surface area (Å²) >= 11 is 1.35. The number of methoxy groups -OCH3 is 1. The molecular formula is C27H34N6O5S2. The van der Waals surface area contributed by atoms with Crippen LogP contribution >= 0.6 is 11.3 Å². The van der Waals surface area contributed by atoms with Crippen molar-refractivity contribution >= 4 is 37.7 Å². The van der Waals surface area contributed by atoms with E-state index in [-0.39, 0.29) is 23.5 Å². The van der Waals surface area contributed by atoms with Gasteiger partial charge in [0.2, 0.25) is 10.0 Å². The minimum Gasteiger partial charge on any atom is -0.467 e. The van der Waals surface area contributed by atoms with Crippen LogP contribution in [0, 0.1) is 5.92 Å². The molecule has 0 amide bonds. The largest absolute Gasteiger partial charge is 0.467 e. The number of thiazole rings is 1. The number of pyridine rings is 1. The minimum absolute atomic E-state index is 0.0324. The number of nitrogens with zero attached hydrogens (tertiary/aromatic N) is 5.